The van der Waals surface area contributed by atoms with Crippen molar-refractivity contribution in [2.24, 2.45) is 5.73 Å². The lowest BCUT2D eigenvalue weighted by Gasteiger charge is -2.22. The van der Waals surface area contributed by atoms with Crippen LogP contribution in [-0.2, 0) is 16.0 Å². The molecule has 0 heterocycles. The third-order valence-corrected chi connectivity index (χ3v) is 3.51. The average molecular weight is 330 g/mol. The van der Waals surface area contributed by atoms with Crippen LogP contribution in [0.25, 0.3) is 0 Å². The summed E-state index contributed by atoms with van der Waals surface area (Å²) in [5, 5.41) is 0. The Kier molecular flexibility index (Phi) is 5.89. The lowest BCUT2D eigenvalue weighted by molar-refractivity contribution is -0.118. The maximum atomic E-state index is 13.1. The molecule has 0 unspecified atom stereocenters. The number of carbonyl (C=O) groups is 2. The minimum atomic E-state index is -0.503. The summed E-state index contributed by atoms with van der Waals surface area (Å²) in [6, 6.07) is 12.7. The second-order valence-electron chi connectivity index (χ2n) is 5.27. The molecule has 24 heavy (non-hydrogen) atoms. The van der Waals surface area contributed by atoms with Gasteiger partial charge in [0, 0.05) is 18.7 Å². The number of benzene rings is 2. The number of hydrogen-bond donors (Lipinski definition) is 1. The molecule has 0 aliphatic rings. The van der Waals surface area contributed by atoms with Crippen molar-refractivity contribution in [3.05, 3.63) is 59.9 Å². The van der Waals surface area contributed by atoms with Crippen LogP contribution in [0, 0.1) is 5.82 Å². The van der Waals surface area contributed by atoms with Crippen LogP contribution in [0.5, 0.6) is 5.75 Å². The molecule has 2 amide bonds. The van der Waals surface area contributed by atoms with Gasteiger partial charge in [0.25, 0.3) is 0 Å². The van der Waals surface area contributed by atoms with Gasteiger partial charge in [0.05, 0.1) is 13.5 Å². The number of primary amides is 1. The number of halogens is 1. The summed E-state index contributed by atoms with van der Waals surface area (Å²) in [5.41, 5.74) is 6.48. The molecule has 0 spiro atoms. The molecule has 0 bridgehead atoms. The van der Waals surface area contributed by atoms with Gasteiger partial charge in [-0.1, -0.05) is 12.1 Å². The molecule has 0 aliphatic carbocycles. The summed E-state index contributed by atoms with van der Waals surface area (Å²) in [5.74, 6) is -0.452. The predicted octanol–water partition coefficient (Wildman–Crippen LogP) is 2.29. The highest BCUT2D eigenvalue weighted by atomic mass is 19.1. The van der Waals surface area contributed by atoms with Gasteiger partial charge in [0.2, 0.25) is 11.8 Å². The van der Waals surface area contributed by atoms with Crippen LogP contribution in [0.4, 0.5) is 10.1 Å². The van der Waals surface area contributed by atoms with E-state index in [0.717, 1.165) is 5.56 Å². The molecule has 2 aromatic rings. The number of nitrogens with zero attached hydrogens (tertiary/aromatic N) is 1. The normalized spacial score (nSPS) is 10.2. The Labute approximate surface area is 139 Å². The first-order valence-electron chi connectivity index (χ1n) is 7.47. The van der Waals surface area contributed by atoms with Crippen molar-refractivity contribution in [2.45, 2.75) is 12.8 Å². The molecule has 0 saturated carbocycles. The van der Waals surface area contributed by atoms with Gasteiger partial charge < -0.3 is 15.4 Å². The van der Waals surface area contributed by atoms with E-state index in [0.29, 0.717) is 11.4 Å². The largest absolute Gasteiger partial charge is 0.497 e. The van der Waals surface area contributed by atoms with E-state index in [4.69, 9.17) is 10.5 Å². The Bertz CT molecular complexity index is 716. The topological polar surface area (TPSA) is 72.6 Å². The Balaban J connectivity index is 2.19. The maximum absolute atomic E-state index is 13.1. The van der Waals surface area contributed by atoms with E-state index < -0.39 is 11.7 Å². The lowest BCUT2D eigenvalue weighted by atomic mass is 10.1. The van der Waals surface area contributed by atoms with E-state index in [9.17, 15) is 14.0 Å². The quantitative estimate of drug-likeness (QED) is 0.846. The summed E-state index contributed by atoms with van der Waals surface area (Å²) < 4.78 is 18.2. The number of carbonyl (C=O) groups excluding carboxylic acids is 2. The van der Waals surface area contributed by atoms with Crippen molar-refractivity contribution in [2.75, 3.05) is 18.6 Å². The van der Waals surface area contributed by atoms with Gasteiger partial charge in [-0.3, -0.25) is 9.59 Å². The van der Waals surface area contributed by atoms with Gasteiger partial charge in [0.15, 0.2) is 0 Å². The molecule has 0 aromatic heterocycles. The van der Waals surface area contributed by atoms with E-state index in [1.54, 1.807) is 25.3 Å². The molecule has 2 N–H and O–H groups in total. The number of nitrogens with two attached hydrogens (primary N) is 1. The molecular weight excluding hydrogens is 311 g/mol. The predicted molar refractivity (Wildman–Crippen MR) is 89.3 cm³/mol. The van der Waals surface area contributed by atoms with Crippen molar-refractivity contribution in [3.63, 3.8) is 0 Å². The van der Waals surface area contributed by atoms with Crippen molar-refractivity contribution in [1.82, 2.24) is 0 Å². The number of hydrogen-bond acceptors (Lipinski definition) is 3. The summed E-state index contributed by atoms with van der Waals surface area (Å²) in [6.45, 7) is 0.143. The smallest absolute Gasteiger partial charge is 0.231 e. The van der Waals surface area contributed by atoms with Crippen molar-refractivity contribution in [1.29, 1.82) is 0 Å². The minimum absolute atomic E-state index is 0.0290. The number of amides is 2. The number of ether oxygens (including phenoxy) is 1. The molecule has 0 atom stereocenters. The standard InChI is InChI=1S/C18H19FN2O3/c1-24-16-4-2-3-13(11-16)12-18(23)21(10-9-17(20)22)15-7-5-14(19)6-8-15/h2-8,11H,9-10,12H2,1H3,(H2,20,22). The zero-order valence-electron chi connectivity index (χ0n) is 13.4. The van der Waals surface area contributed by atoms with Crippen LogP contribution < -0.4 is 15.4 Å². The highest BCUT2D eigenvalue weighted by molar-refractivity contribution is 5.95. The van der Waals surface area contributed by atoms with E-state index in [1.807, 2.05) is 6.07 Å². The number of anilines is 1. The minimum Gasteiger partial charge on any atom is -0.497 e. The van der Waals surface area contributed by atoms with Crippen molar-refractivity contribution in [3.8, 4) is 5.75 Å². The summed E-state index contributed by atoms with van der Waals surface area (Å²) in [4.78, 5) is 25.1. The maximum Gasteiger partial charge on any atom is 0.231 e. The fraction of sp³-hybridized carbons (Fsp3) is 0.222. The van der Waals surface area contributed by atoms with Crippen molar-refractivity contribution >= 4 is 17.5 Å². The first kappa shape index (κ1) is 17.5. The second-order valence-corrected chi connectivity index (χ2v) is 5.27. The Morgan fingerprint density at radius 1 is 1.17 bits per heavy atom. The van der Waals surface area contributed by atoms with Gasteiger partial charge in [-0.15, -0.1) is 0 Å². The lowest BCUT2D eigenvalue weighted by Crippen LogP contribution is -2.35. The molecule has 0 fully saturated rings. The summed E-state index contributed by atoms with van der Waals surface area (Å²) in [6.07, 6.45) is 0.161. The average Bonchev–Trinajstić information content (AvgIpc) is 2.56. The highest BCUT2D eigenvalue weighted by Crippen LogP contribution is 2.19. The van der Waals surface area contributed by atoms with Crippen LogP contribution in [-0.4, -0.2) is 25.5 Å². The number of rotatable bonds is 7. The number of methoxy groups -OCH3 is 1. The second kappa shape index (κ2) is 8.10. The van der Waals surface area contributed by atoms with E-state index in [-0.39, 0.29) is 25.3 Å². The highest BCUT2D eigenvalue weighted by Gasteiger charge is 2.17. The molecule has 126 valence electrons. The third-order valence-electron chi connectivity index (χ3n) is 3.51. The van der Waals surface area contributed by atoms with Crippen molar-refractivity contribution < 1.29 is 18.7 Å². The Morgan fingerprint density at radius 3 is 2.50 bits per heavy atom. The first-order valence-corrected chi connectivity index (χ1v) is 7.47. The zero-order chi connectivity index (χ0) is 17.5. The first-order chi connectivity index (χ1) is 11.5. The van der Waals surface area contributed by atoms with Crippen LogP contribution in [0.3, 0.4) is 0 Å². The fourth-order valence-electron chi connectivity index (χ4n) is 2.29. The van der Waals surface area contributed by atoms with E-state index in [1.165, 1.54) is 29.2 Å². The van der Waals surface area contributed by atoms with Gasteiger partial charge in [0.1, 0.15) is 11.6 Å². The molecule has 0 saturated heterocycles. The fourth-order valence-corrected chi connectivity index (χ4v) is 2.29. The van der Waals surface area contributed by atoms with E-state index >= 15 is 0 Å². The monoisotopic (exact) mass is 330 g/mol. The van der Waals surface area contributed by atoms with Crippen LogP contribution in [0.1, 0.15) is 12.0 Å². The van der Waals surface area contributed by atoms with Gasteiger partial charge in [-0.2, -0.15) is 0 Å². The molecule has 6 heteroatoms. The zero-order valence-corrected chi connectivity index (χ0v) is 13.4. The third kappa shape index (κ3) is 4.81. The molecular formula is C18H19FN2O3. The van der Waals surface area contributed by atoms with Crippen LogP contribution >= 0.6 is 0 Å². The van der Waals surface area contributed by atoms with Gasteiger partial charge in [-0.05, 0) is 42.0 Å². The SMILES string of the molecule is COc1cccc(CC(=O)N(CCC(N)=O)c2ccc(F)cc2)c1. The van der Waals surface area contributed by atoms with Crippen LogP contribution in [0.2, 0.25) is 0 Å². The van der Waals surface area contributed by atoms with Gasteiger partial charge in [-0.25, -0.2) is 4.39 Å². The molecule has 5 nitrogen and oxygen atoms in total. The molecule has 2 aromatic carbocycles. The summed E-state index contributed by atoms with van der Waals surface area (Å²) in [7, 11) is 1.55. The van der Waals surface area contributed by atoms with Crippen LogP contribution in [0.15, 0.2) is 48.5 Å². The summed E-state index contributed by atoms with van der Waals surface area (Å²) >= 11 is 0. The van der Waals surface area contributed by atoms with E-state index in [2.05, 4.69) is 0 Å². The Hall–Kier alpha value is -2.89. The molecule has 2 rings (SSSR count). The molecule has 0 radical (unpaired) electrons. The molecule has 0 aliphatic heterocycles. The van der Waals surface area contributed by atoms with Gasteiger partial charge >= 0.3 is 0 Å². The Morgan fingerprint density at radius 2 is 1.88 bits per heavy atom.